The molecule has 1 aliphatic rings. The third kappa shape index (κ3) is 54.4. The van der Waals surface area contributed by atoms with E-state index in [1.165, 1.54) is 347 Å². The second kappa shape index (κ2) is 66.6. The van der Waals surface area contributed by atoms with Crippen LogP contribution in [0.1, 0.15) is 406 Å². The van der Waals surface area contributed by atoms with Crippen molar-refractivity contribution in [2.45, 2.75) is 448 Å². The van der Waals surface area contributed by atoms with Gasteiger partial charge in [-0.3, -0.25) is 4.79 Å². The van der Waals surface area contributed by atoms with E-state index in [0.717, 1.165) is 38.5 Å². The Kier molecular flexibility index (Phi) is 64.0. The Morgan fingerprint density at radius 3 is 0.977 bits per heavy atom. The minimum Gasteiger partial charge on any atom is -0.394 e. The minimum absolute atomic E-state index is 0.177. The van der Waals surface area contributed by atoms with Crippen LogP contribution in [-0.2, 0) is 14.3 Å². The number of carbonyl (C=O) groups excluding carboxylic acids is 1. The molecule has 1 amide bonds. The molecule has 0 aliphatic carbocycles. The molecule has 0 aromatic carbocycles. The number of amides is 1. The van der Waals surface area contributed by atoms with Gasteiger partial charge >= 0.3 is 0 Å². The maximum atomic E-state index is 13.1. The van der Waals surface area contributed by atoms with Gasteiger partial charge in [0.1, 0.15) is 24.4 Å². The molecule has 9 nitrogen and oxygen atoms in total. The number of nitrogens with one attached hydrogen (secondary N) is 1. The van der Waals surface area contributed by atoms with Gasteiger partial charge in [-0.05, 0) is 32.1 Å². The molecule has 0 bridgehead atoms. The van der Waals surface area contributed by atoms with Crippen molar-refractivity contribution in [3.8, 4) is 0 Å². The van der Waals surface area contributed by atoms with E-state index in [4.69, 9.17) is 9.47 Å². The SMILES string of the molecule is CCCCCCCCCCCCCCCCCCCC/C=C/CC/C=C/C(O)C(COC1OC(CO)C(O)C(O)C1O)NC(=O)CCCCCCCCCCCCCCCCCCCCCCCCCCCCCCCCCCCCCCCCC. The predicted molar refractivity (Wildman–Crippen MR) is 369 cm³/mol. The number of rotatable bonds is 69. The van der Waals surface area contributed by atoms with E-state index in [9.17, 15) is 30.3 Å². The van der Waals surface area contributed by atoms with E-state index >= 15 is 0 Å². The number of hydrogen-bond acceptors (Lipinski definition) is 8. The van der Waals surface area contributed by atoms with E-state index in [-0.39, 0.29) is 12.5 Å². The fourth-order valence-electron chi connectivity index (χ4n) is 12.8. The first kappa shape index (κ1) is 82.7. The average Bonchev–Trinajstić information content (AvgIpc) is 2.37. The summed E-state index contributed by atoms with van der Waals surface area (Å²) < 4.78 is 11.3. The number of aliphatic hydroxyl groups is 5. The lowest BCUT2D eigenvalue weighted by molar-refractivity contribution is -0.302. The molecule has 0 aromatic rings. The fraction of sp³-hybridized carbons (Fsp3) is 0.935. The lowest BCUT2D eigenvalue weighted by Crippen LogP contribution is -2.60. The largest absolute Gasteiger partial charge is 0.394 e. The quantitative estimate of drug-likeness (QED) is 0.0261. The molecule has 0 radical (unpaired) electrons. The molecule has 6 N–H and O–H groups in total. The van der Waals surface area contributed by atoms with Gasteiger partial charge < -0.3 is 40.3 Å². The molecular formula is C77H149NO8. The second-order valence-electron chi connectivity index (χ2n) is 27.2. The molecule has 0 spiro atoms. The Morgan fingerprint density at radius 2 is 0.663 bits per heavy atom. The van der Waals surface area contributed by atoms with E-state index in [2.05, 4.69) is 31.3 Å². The van der Waals surface area contributed by atoms with Gasteiger partial charge in [-0.1, -0.05) is 391 Å². The molecule has 0 saturated carbocycles. The number of allylic oxidation sites excluding steroid dienone is 3. The van der Waals surface area contributed by atoms with Crippen molar-refractivity contribution in [1.82, 2.24) is 5.32 Å². The Balaban J connectivity index is 2.05. The van der Waals surface area contributed by atoms with E-state index < -0.39 is 49.5 Å². The third-order valence-corrected chi connectivity index (χ3v) is 18.8. The van der Waals surface area contributed by atoms with Crippen molar-refractivity contribution in [2.24, 2.45) is 0 Å². The molecule has 1 heterocycles. The maximum Gasteiger partial charge on any atom is 0.220 e. The Morgan fingerprint density at radius 1 is 0.384 bits per heavy atom. The van der Waals surface area contributed by atoms with Crippen LogP contribution in [0.5, 0.6) is 0 Å². The summed E-state index contributed by atoms with van der Waals surface area (Å²) in [7, 11) is 0. The summed E-state index contributed by atoms with van der Waals surface area (Å²) in [5, 5.41) is 54.8. The lowest BCUT2D eigenvalue weighted by Gasteiger charge is -2.40. The van der Waals surface area contributed by atoms with Gasteiger partial charge in [-0.15, -0.1) is 0 Å². The van der Waals surface area contributed by atoms with Crippen LogP contribution in [0.2, 0.25) is 0 Å². The first-order chi connectivity index (χ1) is 42.3. The Hall–Kier alpha value is -1.33. The van der Waals surface area contributed by atoms with Crippen molar-refractivity contribution < 1.29 is 39.8 Å². The van der Waals surface area contributed by atoms with Gasteiger partial charge in [0.25, 0.3) is 0 Å². The summed E-state index contributed by atoms with van der Waals surface area (Å²) >= 11 is 0. The summed E-state index contributed by atoms with van der Waals surface area (Å²) in [4.78, 5) is 13.1. The van der Waals surface area contributed by atoms with Gasteiger partial charge in [-0.2, -0.15) is 0 Å². The van der Waals surface area contributed by atoms with Gasteiger partial charge in [0.15, 0.2) is 6.29 Å². The Bertz CT molecular complexity index is 1410. The van der Waals surface area contributed by atoms with Crippen molar-refractivity contribution in [1.29, 1.82) is 0 Å². The predicted octanol–water partition coefficient (Wildman–Crippen LogP) is 21.6. The topological polar surface area (TPSA) is 149 Å². The summed E-state index contributed by atoms with van der Waals surface area (Å²) in [6, 6.07) is -0.820. The summed E-state index contributed by atoms with van der Waals surface area (Å²) in [5.41, 5.74) is 0. The number of ether oxygens (including phenoxy) is 2. The molecule has 510 valence electrons. The molecule has 9 heteroatoms. The molecule has 1 saturated heterocycles. The minimum atomic E-state index is -1.57. The number of unbranched alkanes of at least 4 members (excludes halogenated alkanes) is 57. The third-order valence-electron chi connectivity index (χ3n) is 18.8. The summed E-state index contributed by atoms with van der Waals surface area (Å²) in [6.45, 7) is 3.83. The highest BCUT2D eigenvalue weighted by molar-refractivity contribution is 5.76. The monoisotopic (exact) mass is 1220 g/mol. The number of hydrogen-bond donors (Lipinski definition) is 6. The first-order valence-electron chi connectivity index (χ1n) is 38.6. The van der Waals surface area contributed by atoms with Crippen LogP contribution < -0.4 is 5.32 Å². The van der Waals surface area contributed by atoms with Crippen molar-refractivity contribution in [3.63, 3.8) is 0 Å². The lowest BCUT2D eigenvalue weighted by atomic mass is 9.99. The second-order valence-corrected chi connectivity index (χ2v) is 27.2. The highest BCUT2D eigenvalue weighted by Gasteiger charge is 2.44. The first-order valence-corrected chi connectivity index (χ1v) is 38.6. The Labute approximate surface area is 534 Å². The fourth-order valence-corrected chi connectivity index (χ4v) is 12.8. The van der Waals surface area contributed by atoms with Crippen LogP contribution in [0.15, 0.2) is 24.3 Å². The van der Waals surface area contributed by atoms with Crippen LogP contribution in [0.4, 0.5) is 0 Å². The molecule has 1 aliphatic heterocycles. The van der Waals surface area contributed by atoms with Gasteiger partial charge in [-0.25, -0.2) is 0 Å². The zero-order valence-electron chi connectivity index (χ0n) is 57.4. The van der Waals surface area contributed by atoms with E-state index in [1.54, 1.807) is 6.08 Å². The number of aliphatic hydroxyl groups excluding tert-OH is 5. The smallest absolute Gasteiger partial charge is 0.220 e. The molecule has 86 heavy (non-hydrogen) atoms. The zero-order valence-corrected chi connectivity index (χ0v) is 57.4. The average molecular weight is 1220 g/mol. The normalized spacial score (nSPS) is 18.1. The standard InChI is InChI=1S/C77H149NO8/c1-3-5-7-9-11-13-15-17-19-21-23-25-27-29-30-31-32-33-34-35-36-37-38-39-40-41-42-43-45-47-49-51-53-55-57-59-61-63-65-67-73(81)78-70(69-85-77-76(84)75(83)74(82)72(68-79)86-77)71(80)66-64-62-60-58-56-54-52-50-48-46-44-28-26-24-22-20-18-16-14-12-10-8-6-4-2/h56,58,64,66,70-72,74-77,79-80,82-84H,3-55,57,59-63,65,67-69H2,1-2H3,(H,78,81)/b58-56+,66-64+. The summed E-state index contributed by atoms with van der Waals surface area (Å²) in [6.07, 6.45) is 81.9. The maximum absolute atomic E-state index is 13.1. The van der Waals surface area contributed by atoms with Crippen LogP contribution in [0, 0.1) is 0 Å². The van der Waals surface area contributed by atoms with Crippen LogP contribution in [0.25, 0.3) is 0 Å². The van der Waals surface area contributed by atoms with E-state index in [1.807, 2.05) is 6.08 Å². The van der Waals surface area contributed by atoms with Crippen molar-refractivity contribution in [2.75, 3.05) is 13.2 Å². The molecule has 1 fully saturated rings. The van der Waals surface area contributed by atoms with Gasteiger partial charge in [0, 0.05) is 6.42 Å². The van der Waals surface area contributed by atoms with Gasteiger partial charge in [0.05, 0.1) is 25.4 Å². The summed E-state index contributed by atoms with van der Waals surface area (Å²) in [5.74, 6) is -0.177. The van der Waals surface area contributed by atoms with Crippen LogP contribution >= 0.6 is 0 Å². The molecule has 1 rings (SSSR count). The molecular weight excluding hydrogens is 1070 g/mol. The van der Waals surface area contributed by atoms with Crippen molar-refractivity contribution in [3.05, 3.63) is 24.3 Å². The van der Waals surface area contributed by atoms with Gasteiger partial charge in [0.2, 0.25) is 5.91 Å². The highest BCUT2D eigenvalue weighted by Crippen LogP contribution is 2.24. The number of carbonyl (C=O) groups is 1. The van der Waals surface area contributed by atoms with Crippen LogP contribution in [0.3, 0.4) is 0 Å². The van der Waals surface area contributed by atoms with E-state index in [0.29, 0.717) is 6.42 Å². The zero-order chi connectivity index (χ0) is 62.1. The van der Waals surface area contributed by atoms with Crippen LogP contribution in [-0.4, -0.2) is 87.5 Å². The van der Waals surface area contributed by atoms with Crippen molar-refractivity contribution >= 4 is 5.91 Å². The highest BCUT2D eigenvalue weighted by atomic mass is 16.7. The molecule has 7 atom stereocenters. The molecule has 7 unspecified atom stereocenters. The molecule has 0 aromatic heterocycles.